The number of carbonyl (C=O) groups excluding carboxylic acids is 4. The van der Waals surface area contributed by atoms with Gasteiger partial charge in [0.2, 0.25) is 11.8 Å². The van der Waals surface area contributed by atoms with Crippen molar-refractivity contribution in [3.05, 3.63) is 88.5 Å². The molecule has 2 aliphatic heterocycles. The minimum Gasteiger partial charge on any atom is -0.508 e. The van der Waals surface area contributed by atoms with Crippen LogP contribution in [0.15, 0.2) is 83.0 Å². The Morgan fingerprint density at radius 3 is 2.24 bits per heavy atom. The molecule has 5 aliphatic rings. The number of aromatic hydroxyl groups is 1. The number of phenols is 1. The van der Waals surface area contributed by atoms with Crippen LogP contribution in [0.3, 0.4) is 0 Å². The van der Waals surface area contributed by atoms with Gasteiger partial charge in [-0.05, 0) is 73.7 Å². The largest absolute Gasteiger partial charge is 0.508 e. The summed E-state index contributed by atoms with van der Waals surface area (Å²) >= 11 is 0. The number of fused-ring (bicyclic) bond motifs is 3. The second kappa shape index (κ2) is 9.66. The average molecular weight is 551 g/mol. The highest BCUT2D eigenvalue weighted by Crippen LogP contribution is 2.55. The standard InChI is InChI=1S/C33H30N2O6/c1-18-16-27(37)30-26(31(18)38)17-25-23(28(30)19-2-8-22(36)9-3-19)10-11-24-29(25)33(40)35(32(24)39)21-6-4-20(5-7-21)34-12-14-41-15-13-34/h2-10,16,24-25,28-29,36H,11-15,17H2,1H3/t24-,25+,28-,29-/m0/s1. The van der Waals surface area contributed by atoms with E-state index in [2.05, 4.69) is 4.90 Å². The molecule has 2 aromatic rings. The molecule has 4 atom stereocenters. The lowest BCUT2D eigenvalue weighted by molar-refractivity contribution is -0.123. The van der Waals surface area contributed by atoms with Gasteiger partial charge in [0.05, 0.1) is 30.7 Å². The number of Topliss-reactive ketones (excluding diaryl/α,β-unsaturated/α-hetero) is 1. The van der Waals surface area contributed by atoms with Gasteiger partial charge in [0.1, 0.15) is 5.75 Å². The van der Waals surface area contributed by atoms with E-state index in [0.29, 0.717) is 42.0 Å². The van der Waals surface area contributed by atoms with Gasteiger partial charge < -0.3 is 14.7 Å². The lowest BCUT2D eigenvalue weighted by Crippen LogP contribution is -2.39. The first-order valence-corrected chi connectivity index (χ1v) is 14.1. The van der Waals surface area contributed by atoms with E-state index in [1.807, 2.05) is 30.3 Å². The number of anilines is 2. The summed E-state index contributed by atoms with van der Waals surface area (Å²) in [5.74, 6) is -2.82. The van der Waals surface area contributed by atoms with Crippen LogP contribution in [0.4, 0.5) is 11.4 Å². The summed E-state index contributed by atoms with van der Waals surface area (Å²) in [6.07, 6.45) is 4.03. The number of hydrogen-bond acceptors (Lipinski definition) is 7. The molecule has 2 aromatic carbocycles. The number of ketones is 2. The molecule has 0 radical (unpaired) electrons. The molecule has 41 heavy (non-hydrogen) atoms. The molecule has 2 heterocycles. The predicted octanol–water partition coefficient (Wildman–Crippen LogP) is 3.86. The molecule has 8 nitrogen and oxygen atoms in total. The molecule has 0 spiro atoms. The van der Waals surface area contributed by atoms with E-state index in [-0.39, 0.29) is 41.5 Å². The Balaban J connectivity index is 1.26. The summed E-state index contributed by atoms with van der Waals surface area (Å²) in [5, 5.41) is 9.91. The van der Waals surface area contributed by atoms with Gasteiger partial charge in [-0.3, -0.25) is 24.1 Å². The van der Waals surface area contributed by atoms with Crippen LogP contribution in [0.1, 0.15) is 31.2 Å². The van der Waals surface area contributed by atoms with E-state index >= 15 is 0 Å². The number of phenolic OH excluding ortho intramolecular Hbond substituents is 1. The number of ether oxygens (including phenoxy) is 1. The summed E-state index contributed by atoms with van der Waals surface area (Å²) < 4.78 is 5.44. The minimum atomic E-state index is -0.621. The van der Waals surface area contributed by atoms with E-state index in [0.717, 1.165) is 29.9 Å². The monoisotopic (exact) mass is 550 g/mol. The second-order valence-electron chi connectivity index (χ2n) is 11.4. The predicted molar refractivity (Wildman–Crippen MR) is 151 cm³/mol. The van der Waals surface area contributed by atoms with E-state index in [4.69, 9.17) is 4.74 Å². The van der Waals surface area contributed by atoms with Crippen molar-refractivity contribution in [1.82, 2.24) is 0 Å². The Morgan fingerprint density at radius 2 is 1.54 bits per heavy atom. The maximum atomic E-state index is 14.1. The van der Waals surface area contributed by atoms with Gasteiger partial charge in [-0.1, -0.05) is 23.8 Å². The lowest BCUT2D eigenvalue weighted by Gasteiger charge is -2.42. The Hall–Kier alpha value is -4.30. The quantitative estimate of drug-likeness (QED) is 0.352. The first-order valence-electron chi connectivity index (χ1n) is 14.1. The Kier molecular flexibility index (Phi) is 6.05. The van der Waals surface area contributed by atoms with Crippen LogP contribution in [0, 0.1) is 17.8 Å². The summed E-state index contributed by atoms with van der Waals surface area (Å²) in [7, 11) is 0. The first kappa shape index (κ1) is 25.7. The summed E-state index contributed by atoms with van der Waals surface area (Å²) in [6.45, 7) is 4.55. The smallest absolute Gasteiger partial charge is 0.238 e. The maximum absolute atomic E-state index is 14.1. The number of carbonyl (C=O) groups is 4. The number of morpholine rings is 1. The van der Waals surface area contributed by atoms with Crippen LogP contribution in [0.25, 0.3) is 0 Å². The maximum Gasteiger partial charge on any atom is 0.238 e. The molecule has 0 bridgehead atoms. The number of imide groups is 1. The van der Waals surface area contributed by atoms with Gasteiger partial charge >= 0.3 is 0 Å². The van der Waals surface area contributed by atoms with Crippen LogP contribution in [0.2, 0.25) is 0 Å². The topological polar surface area (TPSA) is 104 Å². The van der Waals surface area contributed by atoms with E-state index in [1.165, 1.54) is 11.0 Å². The number of allylic oxidation sites excluding steroid dienone is 6. The van der Waals surface area contributed by atoms with E-state index in [9.17, 15) is 24.3 Å². The van der Waals surface area contributed by atoms with Gasteiger partial charge in [0, 0.05) is 41.4 Å². The van der Waals surface area contributed by atoms with Crippen molar-refractivity contribution in [2.24, 2.45) is 17.8 Å². The van der Waals surface area contributed by atoms with E-state index in [1.54, 1.807) is 31.2 Å². The van der Waals surface area contributed by atoms with Crippen molar-refractivity contribution in [3.8, 4) is 5.75 Å². The van der Waals surface area contributed by atoms with Crippen LogP contribution >= 0.6 is 0 Å². The van der Waals surface area contributed by atoms with Gasteiger partial charge in [-0.2, -0.15) is 0 Å². The number of rotatable bonds is 3. The van der Waals surface area contributed by atoms with Crippen molar-refractivity contribution in [2.45, 2.75) is 25.7 Å². The van der Waals surface area contributed by atoms with Gasteiger partial charge in [-0.25, -0.2) is 0 Å². The fourth-order valence-corrected chi connectivity index (χ4v) is 7.32. The number of nitrogens with zero attached hydrogens (tertiary/aromatic N) is 2. The molecular weight excluding hydrogens is 520 g/mol. The first-order chi connectivity index (χ1) is 19.8. The van der Waals surface area contributed by atoms with Crippen molar-refractivity contribution in [3.63, 3.8) is 0 Å². The number of hydrogen-bond donors (Lipinski definition) is 1. The van der Waals surface area contributed by atoms with E-state index < -0.39 is 17.8 Å². The van der Waals surface area contributed by atoms with Crippen LogP contribution in [-0.2, 0) is 23.9 Å². The summed E-state index contributed by atoms with van der Waals surface area (Å²) in [6, 6.07) is 14.2. The molecule has 0 unspecified atom stereocenters. The van der Waals surface area contributed by atoms with Crippen molar-refractivity contribution < 1.29 is 29.0 Å². The third-order valence-corrected chi connectivity index (χ3v) is 9.27. The highest BCUT2D eigenvalue weighted by molar-refractivity contribution is 6.25. The van der Waals surface area contributed by atoms with Crippen LogP contribution in [0.5, 0.6) is 5.75 Å². The molecular formula is C33H30N2O6. The Bertz CT molecular complexity index is 1580. The normalized spacial score (nSPS) is 27.8. The highest BCUT2D eigenvalue weighted by Gasteiger charge is 2.56. The molecule has 3 aliphatic carbocycles. The van der Waals surface area contributed by atoms with Gasteiger partial charge in [0.15, 0.2) is 11.6 Å². The van der Waals surface area contributed by atoms with Crippen molar-refractivity contribution >= 4 is 34.8 Å². The molecule has 208 valence electrons. The number of benzene rings is 2. The molecule has 1 N–H and O–H groups in total. The molecule has 0 saturated carbocycles. The Labute approximate surface area is 237 Å². The van der Waals surface area contributed by atoms with Gasteiger partial charge in [-0.15, -0.1) is 0 Å². The van der Waals surface area contributed by atoms with Crippen molar-refractivity contribution in [2.75, 3.05) is 36.1 Å². The highest BCUT2D eigenvalue weighted by atomic mass is 16.5. The van der Waals surface area contributed by atoms with Gasteiger partial charge in [0.25, 0.3) is 0 Å². The molecule has 0 aromatic heterocycles. The molecule has 2 saturated heterocycles. The lowest BCUT2D eigenvalue weighted by atomic mass is 9.59. The van der Waals surface area contributed by atoms with Crippen LogP contribution < -0.4 is 9.80 Å². The molecule has 7 rings (SSSR count). The van der Waals surface area contributed by atoms with Crippen LogP contribution in [-0.4, -0.2) is 54.8 Å². The third kappa shape index (κ3) is 4.00. The molecule has 8 heteroatoms. The zero-order valence-electron chi connectivity index (χ0n) is 22.7. The number of amides is 2. The molecule has 2 amide bonds. The summed E-state index contributed by atoms with van der Waals surface area (Å²) in [4.78, 5) is 58.1. The molecule has 2 fully saturated rings. The fraction of sp³-hybridized carbons (Fsp3) is 0.333. The fourth-order valence-electron chi connectivity index (χ4n) is 7.32. The average Bonchev–Trinajstić information content (AvgIpc) is 3.25. The Morgan fingerprint density at radius 1 is 0.854 bits per heavy atom. The zero-order valence-corrected chi connectivity index (χ0v) is 22.7. The van der Waals surface area contributed by atoms with Crippen molar-refractivity contribution in [1.29, 1.82) is 0 Å². The SMILES string of the molecule is CC1=CC(=O)C2=C(C[C@@H]3C(=CC[C@@H]4C(=O)N(c5ccc(N6CCOCC6)cc5)C(=O)[C@@H]43)[C@@H]2c2ccc(O)cc2)C1=O. The minimum absolute atomic E-state index is 0.0987. The zero-order chi connectivity index (χ0) is 28.4. The third-order valence-electron chi connectivity index (χ3n) is 9.27. The summed E-state index contributed by atoms with van der Waals surface area (Å²) in [5.41, 5.74) is 4.49. The second-order valence-corrected chi connectivity index (χ2v) is 11.4.